The van der Waals surface area contributed by atoms with Gasteiger partial charge in [0.1, 0.15) is 5.75 Å². The van der Waals surface area contributed by atoms with Crippen molar-refractivity contribution in [3.8, 4) is 5.75 Å². The van der Waals surface area contributed by atoms with Gasteiger partial charge in [-0.05, 0) is 56.8 Å². The van der Waals surface area contributed by atoms with E-state index in [-0.39, 0.29) is 5.75 Å². The third-order valence-electron chi connectivity index (χ3n) is 5.06. The lowest BCUT2D eigenvalue weighted by Gasteiger charge is -2.44. The Morgan fingerprint density at radius 3 is 2.79 bits per heavy atom. The fraction of sp³-hybridized carbons (Fsp3) is 0.556. The van der Waals surface area contributed by atoms with Crippen LogP contribution in [0.3, 0.4) is 0 Å². The number of phenolic OH excluding ortho intramolecular Hbond substituents is 1. The number of piperidine rings is 2. The van der Waals surface area contributed by atoms with Crippen molar-refractivity contribution in [2.75, 3.05) is 25.0 Å². The lowest BCUT2D eigenvalue weighted by Crippen LogP contribution is -2.51. The van der Waals surface area contributed by atoms with Crippen molar-refractivity contribution in [2.24, 2.45) is 5.92 Å². The topological polar surface area (TPSA) is 81.7 Å². The van der Waals surface area contributed by atoms with Gasteiger partial charge in [0, 0.05) is 24.3 Å². The first-order chi connectivity index (χ1) is 11.6. The van der Waals surface area contributed by atoms with Gasteiger partial charge in [-0.15, -0.1) is 0 Å². The minimum atomic E-state index is -0.697. The number of benzene rings is 1. The molecular weight excluding hydrogens is 306 g/mol. The van der Waals surface area contributed by atoms with E-state index < -0.39 is 11.8 Å². The van der Waals surface area contributed by atoms with Crippen molar-refractivity contribution >= 4 is 17.5 Å². The summed E-state index contributed by atoms with van der Waals surface area (Å²) in [5, 5.41) is 14.7. The second-order valence-electron chi connectivity index (χ2n) is 6.72. The second kappa shape index (κ2) is 7.66. The second-order valence-corrected chi connectivity index (χ2v) is 6.72. The number of aromatic hydroxyl groups is 1. The minimum absolute atomic E-state index is 0.0489. The Kier molecular flexibility index (Phi) is 5.35. The SMILES string of the molecule is O=C(NCC1CCCN2CCCCC12)C(=O)Nc1cccc(O)c1. The lowest BCUT2D eigenvalue weighted by atomic mass is 9.83. The molecule has 3 N–H and O–H groups in total. The molecule has 2 fully saturated rings. The number of fused-ring (bicyclic) bond motifs is 1. The van der Waals surface area contributed by atoms with Crippen LogP contribution in [-0.2, 0) is 9.59 Å². The molecule has 24 heavy (non-hydrogen) atoms. The zero-order valence-corrected chi connectivity index (χ0v) is 13.8. The number of amides is 2. The number of nitrogens with one attached hydrogen (secondary N) is 2. The van der Waals surface area contributed by atoms with Crippen LogP contribution in [0, 0.1) is 5.92 Å². The summed E-state index contributed by atoms with van der Waals surface area (Å²) >= 11 is 0. The predicted molar refractivity (Wildman–Crippen MR) is 91.7 cm³/mol. The van der Waals surface area contributed by atoms with Crippen LogP contribution in [0.4, 0.5) is 5.69 Å². The van der Waals surface area contributed by atoms with E-state index in [9.17, 15) is 14.7 Å². The highest BCUT2D eigenvalue weighted by atomic mass is 16.3. The van der Waals surface area contributed by atoms with Gasteiger partial charge in [-0.1, -0.05) is 12.5 Å². The minimum Gasteiger partial charge on any atom is -0.508 e. The molecule has 2 unspecified atom stereocenters. The van der Waals surface area contributed by atoms with Gasteiger partial charge in [-0.2, -0.15) is 0 Å². The molecule has 130 valence electrons. The van der Waals surface area contributed by atoms with Gasteiger partial charge in [0.15, 0.2) is 0 Å². The zero-order chi connectivity index (χ0) is 16.9. The van der Waals surface area contributed by atoms with Crippen LogP contribution >= 0.6 is 0 Å². The standard InChI is InChI=1S/C18H25N3O3/c22-15-7-3-6-14(11-15)20-18(24)17(23)19-12-13-5-4-10-21-9-2-1-8-16(13)21/h3,6-7,11,13,16,22H,1-2,4-5,8-10,12H2,(H,19,23)(H,20,24). The van der Waals surface area contributed by atoms with Gasteiger partial charge in [0.05, 0.1) is 0 Å². The molecule has 0 aliphatic carbocycles. The molecule has 0 radical (unpaired) electrons. The average molecular weight is 331 g/mol. The van der Waals surface area contributed by atoms with E-state index in [0.717, 1.165) is 25.9 Å². The Bertz CT molecular complexity index is 603. The molecule has 6 heteroatoms. The maximum Gasteiger partial charge on any atom is 0.313 e. The van der Waals surface area contributed by atoms with E-state index >= 15 is 0 Å². The van der Waals surface area contributed by atoms with Crippen LogP contribution in [0.25, 0.3) is 0 Å². The molecule has 3 rings (SSSR count). The number of hydrogen-bond acceptors (Lipinski definition) is 4. The van der Waals surface area contributed by atoms with Gasteiger partial charge in [-0.3, -0.25) is 9.59 Å². The van der Waals surface area contributed by atoms with Crippen molar-refractivity contribution in [1.29, 1.82) is 0 Å². The molecule has 0 saturated carbocycles. The van der Waals surface area contributed by atoms with E-state index in [1.165, 1.54) is 31.4 Å². The summed E-state index contributed by atoms with van der Waals surface area (Å²) < 4.78 is 0. The Balaban J connectivity index is 1.50. The lowest BCUT2D eigenvalue weighted by molar-refractivity contribution is -0.136. The predicted octanol–water partition coefficient (Wildman–Crippen LogP) is 1.71. The molecule has 2 heterocycles. The van der Waals surface area contributed by atoms with Crippen LogP contribution in [0.5, 0.6) is 5.75 Å². The van der Waals surface area contributed by atoms with Gasteiger partial charge >= 0.3 is 11.8 Å². The maximum absolute atomic E-state index is 12.0. The summed E-state index contributed by atoms with van der Waals surface area (Å²) in [6.45, 7) is 2.87. The number of phenols is 1. The fourth-order valence-corrected chi connectivity index (χ4v) is 3.89. The van der Waals surface area contributed by atoms with Crippen molar-refractivity contribution in [3.63, 3.8) is 0 Å². The Hall–Kier alpha value is -2.08. The number of carbonyl (C=O) groups excluding carboxylic acids is 2. The van der Waals surface area contributed by atoms with Crippen molar-refractivity contribution in [1.82, 2.24) is 10.2 Å². The average Bonchev–Trinajstić information content (AvgIpc) is 2.59. The highest BCUT2D eigenvalue weighted by Gasteiger charge is 2.33. The number of nitrogens with zero attached hydrogens (tertiary/aromatic N) is 1. The monoisotopic (exact) mass is 331 g/mol. The Morgan fingerprint density at radius 1 is 1.12 bits per heavy atom. The molecule has 2 saturated heterocycles. The molecule has 2 amide bonds. The Labute approximate surface area is 142 Å². The van der Waals surface area contributed by atoms with Gasteiger partial charge < -0.3 is 20.6 Å². The van der Waals surface area contributed by atoms with E-state index in [1.54, 1.807) is 12.1 Å². The van der Waals surface area contributed by atoms with Gasteiger partial charge in [0.25, 0.3) is 0 Å². The van der Waals surface area contributed by atoms with E-state index in [1.807, 2.05) is 0 Å². The van der Waals surface area contributed by atoms with E-state index in [2.05, 4.69) is 15.5 Å². The molecule has 2 aliphatic rings. The third kappa shape index (κ3) is 4.06. The largest absolute Gasteiger partial charge is 0.508 e. The normalized spacial score (nSPS) is 24.0. The van der Waals surface area contributed by atoms with Gasteiger partial charge in [0.2, 0.25) is 0 Å². The summed E-state index contributed by atoms with van der Waals surface area (Å²) in [5.74, 6) is -0.840. The van der Waals surface area contributed by atoms with Crippen LogP contribution in [0.2, 0.25) is 0 Å². The molecule has 6 nitrogen and oxygen atoms in total. The third-order valence-corrected chi connectivity index (χ3v) is 5.06. The molecule has 2 aliphatic heterocycles. The smallest absolute Gasteiger partial charge is 0.313 e. The molecule has 1 aromatic carbocycles. The number of anilines is 1. The summed E-state index contributed by atoms with van der Waals surface area (Å²) in [5.41, 5.74) is 0.409. The summed E-state index contributed by atoms with van der Waals surface area (Å²) in [6.07, 6.45) is 5.98. The highest BCUT2D eigenvalue weighted by Crippen LogP contribution is 2.30. The number of carbonyl (C=O) groups is 2. The molecule has 2 atom stereocenters. The van der Waals surface area contributed by atoms with Gasteiger partial charge in [-0.25, -0.2) is 0 Å². The summed E-state index contributed by atoms with van der Waals surface area (Å²) in [7, 11) is 0. The van der Waals surface area contributed by atoms with Crippen LogP contribution in [0.15, 0.2) is 24.3 Å². The van der Waals surface area contributed by atoms with Crippen LogP contribution in [-0.4, -0.2) is 47.5 Å². The first kappa shape index (κ1) is 16.8. The molecule has 0 spiro atoms. The molecule has 0 aromatic heterocycles. The van der Waals surface area contributed by atoms with E-state index in [4.69, 9.17) is 0 Å². The zero-order valence-electron chi connectivity index (χ0n) is 13.8. The molecule has 1 aromatic rings. The maximum atomic E-state index is 12.0. The first-order valence-electron chi connectivity index (χ1n) is 8.76. The van der Waals surface area contributed by atoms with E-state index in [0.29, 0.717) is 24.2 Å². The summed E-state index contributed by atoms with van der Waals surface area (Å²) in [4.78, 5) is 26.5. The molecular formula is C18H25N3O3. The van der Waals surface area contributed by atoms with Crippen molar-refractivity contribution in [3.05, 3.63) is 24.3 Å². The molecule has 0 bridgehead atoms. The van der Waals surface area contributed by atoms with Crippen LogP contribution in [0.1, 0.15) is 32.1 Å². The number of rotatable bonds is 3. The number of hydrogen-bond donors (Lipinski definition) is 3. The quantitative estimate of drug-likeness (QED) is 0.737. The van der Waals surface area contributed by atoms with Crippen molar-refractivity contribution in [2.45, 2.75) is 38.1 Å². The highest BCUT2D eigenvalue weighted by molar-refractivity contribution is 6.39. The van der Waals surface area contributed by atoms with Crippen LogP contribution < -0.4 is 10.6 Å². The fourth-order valence-electron chi connectivity index (χ4n) is 3.89. The summed E-state index contributed by atoms with van der Waals surface area (Å²) in [6, 6.07) is 6.71. The first-order valence-corrected chi connectivity index (χ1v) is 8.76. The Morgan fingerprint density at radius 2 is 1.96 bits per heavy atom. The van der Waals surface area contributed by atoms with Crippen molar-refractivity contribution < 1.29 is 14.7 Å².